The van der Waals surface area contributed by atoms with E-state index in [4.69, 9.17) is 37.8 Å². The molecule has 0 spiro atoms. The van der Waals surface area contributed by atoms with Gasteiger partial charge in [-0.05, 0) is 48.5 Å². The Balaban J connectivity index is 2.01. The molecular weight excluding hydrogens is 407 g/mol. The maximum absolute atomic E-state index is 6.50. The molecule has 1 aromatic heterocycles. The van der Waals surface area contributed by atoms with Gasteiger partial charge in [0.1, 0.15) is 11.5 Å². The zero-order valence-corrected chi connectivity index (χ0v) is 17.4. The highest BCUT2D eigenvalue weighted by molar-refractivity contribution is 6.34. The number of hydrogen-bond donors (Lipinski definition) is 0. The minimum absolute atomic E-state index is 0.542. The third-order valence-corrected chi connectivity index (χ3v) is 5.17. The van der Waals surface area contributed by atoms with Gasteiger partial charge in [-0.2, -0.15) is 5.10 Å². The number of ether oxygens (including phenoxy) is 2. The van der Waals surface area contributed by atoms with Crippen molar-refractivity contribution in [2.45, 2.75) is 0 Å². The SMILES string of the molecule is COc1ccccc1-c1cc(-c2ccccc2OC)n(-c2cc(Cl)ccc2Cl)n1. The zero-order chi connectivity index (χ0) is 20.4. The third-order valence-electron chi connectivity index (χ3n) is 4.61. The molecule has 4 rings (SSSR count). The highest BCUT2D eigenvalue weighted by Gasteiger charge is 2.19. The van der Waals surface area contributed by atoms with Crippen LogP contribution in [0.25, 0.3) is 28.2 Å². The standard InChI is InChI=1S/C23H18Cl2N2O2/c1-28-22-9-5-3-7-16(22)19-14-20(17-8-4-6-10-23(17)29-2)27(26-19)21-13-15(24)11-12-18(21)25/h3-14H,1-2H3. The van der Waals surface area contributed by atoms with Crippen molar-refractivity contribution in [1.82, 2.24) is 9.78 Å². The minimum atomic E-state index is 0.542. The highest BCUT2D eigenvalue weighted by atomic mass is 35.5. The number of hydrogen-bond acceptors (Lipinski definition) is 3. The van der Waals surface area contributed by atoms with Gasteiger partial charge in [0, 0.05) is 16.1 Å². The predicted molar refractivity (Wildman–Crippen MR) is 118 cm³/mol. The minimum Gasteiger partial charge on any atom is -0.496 e. The molecule has 0 bridgehead atoms. The van der Waals surface area contributed by atoms with E-state index in [9.17, 15) is 0 Å². The van der Waals surface area contributed by atoms with Gasteiger partial charge in [0.05, 0.1) is 36.3 Å². The smallest absolute Gasteiger partial charge is 0.128 e. The number of benzene rings is 3. The quantitative estimate of drug-likeness (QED) is 0.365. The van der Waals surface area contributed by atoms with Crippen molar-refractivity contribution >= 4 is 23.2 Å². The monoisotopic (exact) mass is 424 g/mol. The summed E-state index contributed by atoms with van der Waals surface area (Å²) in [6.07, 6.45) is 0. The van der Waals surface area contributed by atoms with Crippen molar-refractivity contribution in [1.29, 1.82) is 0 Å². The fraction of sp³-hybridized carbons (Fsp3) is 0.0870. The van der Waals surface area contributed by atoms with Gasteiger partial charge in [-0.25, -0.2) is 4.68 Å². The van der Waals surface area contributed by atoms with E-state index in [2.05, 4.69) is 0 Å². The molecule has 0 atom stereocenters. The average Bonchev–Trinajstić information content (AvgIpc) is 3.20. The average molecular weight is 425 g/mol. The first-order valence-electron chi connectivity index (χ1n) is 8.94. The van der Waals surface area contributed by atoms with E-state index in [1.54, 1.807) is 37.1 Å². The van der Waals surface area contributed by atoms with E-state index in [0.717, 1.165) is 34.0 Å². The highest BCUT2D eigenvalue weighted by Crippen LogP contribution is 2.38. The molecular formula is C23H18Cl2N2O2. The van der Waals surface area contributed by atoms with Crippen LogP contribution in [0.2, 0.25) is 10.0 Å². The largest absolute Gasteiger partial charge is 0.496 e. The first-order valence-corrected chi connectivity index (χ1v) is 9.70. The Morgan fingerprint density at radius 3 is 2.07 bits per heavy atom. The van der Waals surface area contributed by atoms with E-state index in [0.29, 0.717) is 15.7 Å². The normalized spacial score (nSPS) is 10.8. The van der Waals surface area contributed by atoms with Crippen molar-refractivity contribution in [3.8, 4) is 39.7 Å². The van der Waals surface area contributed by atoms with Gasteiger partial charge in [-0.3, -0.25) is 0 Å². The molecule has 0 fully saturated rings. The molecule has 0 N–H and O–H groups in total. The lowest BCUT2D eigenvalue weighted by atomic mass is 10.1. The van der Waals surface area contributed by atoms with E-state index < -0.39 is 0 Å². The third kappa shape index (κ3) is 3.69. The number of methoxy groups -OCH3 is 2. The van der Waals surface area contributed by atoms with Crippen LogP contribution in [0.15, 0.2) is 72.8 Å². The van der Waals surface area contributed by atoms with Crippen molar-refractivity contribution in [2.75, 3.05) is 14.2 Å². The maximum Gasteiger partial charge on any atom is 0.128 e. The predicted octanol–water partition coefficient (Wildman–Crippen LogP) is 6.53. The van der Waals surface area contributed by atoms with Crippen LogP contribution in [-0.4, -0.2) is 24.0 Å². The molecule has 0 aliphatic heterocycles. The Bertz CT molecular complexity index is 1170. The molecule has 0 saturated heterocycles. The molecule has 29 heavy (non-hydrogen) atoms. The van der Waals surface area contributed by atoms with Crippen LogP contribution in [0.4, 0.5) is 0 Å². The molecule has 0 aliphatic carbocycles. The van der Waals surface area contributed by atoms with Gasteiger partial charge < -0.3 is 9.47 Å². The molecule has 0 unspecified atom stereocenters. The number of aromatic nitrogens is 2. The first kappa shape index (κ1) is 19.4. The molecule has 0 radical (unpaired) electrons. The van der Waals surface area contributed by atoms with Crippen LogP contribution in [0.5, 0.6) is 11.5 Å². The maximum atomic E-state index is 6.50. The van der Waals surface area contributed by atoms with Crippen molar-refractivity contribution in [2.24, 2.45) is 0 Å². The lowest BCUT2D eigenvalue weighted by Crippen LogP contribution is -2.01. The Kier molecular flexibility index (Phi) is 5.47. The summed E-state index contributed by atoms with van der Waals surface area (Å²) < 4.78 is 12.9. The fourth-order valence-corrected chi connectivity index (χ4v) is 3.61. The summed E-state index contributed by atoms with van der Waals surface area (Å²) in [4.78, 5) is 0. The summed E-state index contributed by atoms with van der Waals surface area (Å²) in [5, 5.41) is 5.97. The molecule has 3 aromatic carbocycles. The summed E-state index contributed by atoms with van der Waals surface area (Å²) in [6, 6.07) is 22.8. The molecule has 0 amide bonds. The van der Waals surface area contributed by atoms with Gasteiger partial charge in [0.2, 0.25) is 0 Å². The second kappa shape index (κ2) is 8.19. The number of rotatable bonds is 5. The van der Waals surface area contributed by atoms with Gasteiger partial charge >= 0.3 is 0 Å². The second-order valence-electron chi connectivity index (χ2n) is 6.32. The lowest BCUT2D eigenvalue weighted by molar-refractivity contribution is 0.416. The second-order valence-corrected chi connectivity index (χ2v) is 7.17. The van der Waals surface area contributed by atoms with Crippen LogP contribution in [-0.2, 0) is 0 Å². The number of para-hydroxylation sites is 2. The Morgan fingerprint density at radius 2 is 1.38 bits per heavy atom. The van der Waals surface area contributed by atoms with E-state index in [1.165, 1.54) is 0 Å². The number of halogens is 2. The summed E-state index contributed by atoms with van der Waals surface area (Å²) >= 11 is 12.8. The Morgan fingerprint density at radius 1 is 0.759 bits per heavy atom. The molecule has 146 valence electrons. The fourth-order valence-electron chi connectivity index (χ4n) is 3.25. The van der Waals surface area contributed by atoms with Crippen LogP contribution in [0, 0.1) is 0 Å². The molecule has 0 aliphatic rings. The van der Waals surface area contributed by atoms with Gasteiger partial charge in [-0.15, -0.1) is 0 Å². The van der Waals surface area contributed by atoms with E-state index >= 15 is 0 Å². The van der Waals surface area contributed by atoms with Crippen molar-refractivity contribution < 1.29 is 9.47 Å². The molecule has 0 saturated carbocycles. The van der Waals surface area contributed by atoms with Gasteiger partial charge in [0.15, 0.2) is 0 Å². The van der Waals surface area contributed by atoms with Crippen molar-refractivity contribution in [3.63, 3.8) is 0 Å². The lowest BCUT2D eigenvalue weighted by Gasteiger charge is -2.12. The van der Waals surface area contributed by atoms with Gasteiger partial charge in [-0.1, -0.05) is 47.5 Å². The summed E-state index contributed by atoms with van der Waals surface area (Å²) in [5.74, 6) is 1.47. The molecule has 4 aromatic rings. The van der Waals surface area contributed by atoms with Crippen LogP contribution in [0.3, 0.4) is 0 Å². The Labute approximate surface area is 179 Å². The first-order chi connectivity index (χ1) is 14.1. The summed E-state index contributed by atoms with van der Waals surface area (Å²) in [6.45, 7) is 0. The molecule has 1 heterocycles. The summed E-state index contributed by atoms with van der Waals surface area (Å²) in [5.41, 5.74) is 4.02. The Hall–Kier alpha value is -2.95. The zero-order valence-electron chi connectivity index (χ0n) is 15.9. The number of nitrogens with zero attached hydrogens (tertiary/aromatic N) is 2. The van der Waals surface area contributed by atoms with E-state index in [1.807, 2.05) is 54.6 Å². The van der Waals surface area contributed by atoms with Crippen LogP contribution < -0.4 is 9.47 Å². The molecule has 4 nitrogen and oxygen atoms in total. The van der Waals surface area contributed by atoms with Crippen LogP contribution in [0.1, 0.15) is 0 Å². The van der Waals surface area contributed by atoms with Gasteiger partial charge in [0.25, 0.3) is 0 Å². The van der Waals surface area contributed by atoms with Crippen LogP contribution >= 0.6 is 23.2 Å². The topological polar surface area (TPSA) is 36.3 Å². The summed E-state index contributed by atoms with van der Waals surface area (Å²) in [7, 11) is 3.29. The van der Waals surface area contributed by atoms with E-state index in [-0.39, 0.29) is 0 Å². The van der Waals surface area contributed by atoms with Crippen molar-refractivity contribution in [3.05, 3.63) is 82.8 Å². The molecule has 6 heteroatoms.